The molecule has 8 nitrogen and oxygen atoms in total. The van der Waals surface area contributed by atoms with Crippen LogP contribution in [0.5, 0.6) is 0 Å². The molecule has 9 heteroatoms. The Balaban J connectivity index is 3.16. The lowest BCUT2D eigenvalue weighted by Crippen LogP contribution is -2.49. The molecule has 24 heavy (non-hydrogen) atoms. The van der Waals surface area contributed by atoms with E-state index < -0.39 is 27.4 Å². The first-order valence-corrected chi connectivity index (χ1v) is 9.00. The topological polar surface area (TPSA) is 117 Å². The summed E-state index contributed by atoms with van der Waals surface area (Å²) in [5, 5.41) is 11.5. The summed E-state index contributed by atoms with van der Waals surface area (Å²) in [6, 6.07) is 1.16. The summed E-state index contributed by atoms with van der Waals surface area (Å²) in [5.74, 6) is -1.41. The molecule has 0 aliphatic rings. The van der Waals surface area contributed by atoms with Crippen LogP contribution < -0.4 is 5.32 Å². The minimum absolute atomic E-state index is 0.0760. The molecule has 2 N–H and O–H groups in total. The Bertz CT molecular complexity index is 716. The number of furan rings is 1. The van der Waals surface area contributed by atoms with Crippen LogP contribution in [0.15, 0.2) is 15.6 Å². The highest BCUT2D eigenvalue weighted by Crippen LogP contribution is 2.24. The first-order valence-electron chi connectivity index (χ1n) is 7.56. The Morgan fingerprint density at radius 2 is 1.83 bits per heavy atom. The number of rotatable bonds is 8. The van der Waals surface area contributed by atoms with Gasteiger partial charge in [-0.1, -0.05) is 13.8 Å². The van der Waals surface area contributed by atoms with Gasteiger partial charge in [-0.05, 0) is 19.8 Å². The van der Waals surface area contributed by atoms with E-state index in [0.717, 1.165) is 10.4 Å². The minimum Gasteiger partial charge on any atom is -0.481 e. The highest BCUT2D eigenvalue weighted by atomic mass is 32.2. The second-order valence-corrected chi connectivity index (χ2v) is 7.92. The van der Waals surface area contributed by atoms with Gasteiger partial charge in [-0.25, -0.2) is 12.7 Å². The number of aliphatic carboxylic acids is 1. The molecule has 0 saturated heterocycles. The number of sulfonamides is 1. The average Bonchev–Trinajstić information content (AvgIpc) is 2.88. The van der Waals surface area contributed by atoms with E-state index in [-0.39, 0.29) is 22.8 Å². The van der Waals surface area contributed by atoms with E-state index in [1.807, 2.05) is 0 Å². The molecule has 0 unspecified atom stereocenters. The SMILES string of the molecule is CCC(CC)(CC(=O)O)NC(=O)c1cc(S(=O)(=O)N(C)C)oc1C. The molecule has 136 valence electrons. The number of carbonyl (C=O) groups is 2. The van der Waals surface area contributed by atoms with Gasteiger partial charge in [0.2, 0.25) is 5.09 Å². The van der Waals surface area contributed by atoms with Crippen molar-refractivity contribution < 1.29 is 27.5 Å². The molecule has 0 bridgehead atoms. The van der Waals surface area contributed by atoms with Crippen LogP contribution in [-0.2, 0) is 14.8 Å². The molecule has 1 aromatic rings. The van der Waals surface area contributed by atoms with Gasteiger partial charge in [0.1, 0.15) is 5.76 Å². The van der Waals surface area contributed by atoms with Gasteiger partial charge in [0, 0.05) is 20.2 Å². The fraction of sp³-hybridized carbons (Fsp3) is 0.600. The summed E-state index contributed by atoms with van der Waals surface area (Å²) in [6.45, 7) is 5.06. The predicted molar refractivity (Wildman–Crippen MR) is 87.3 cm³/mol. The summed E-state index contributed by atoms with van der Waals surface area (Å²) in [5.41, 5.74) is -0.820. The summed E-state index contributed by atoms with van der Waals surface area (Å²) in [7, 11) is -1.07. The van der Waals surface area contributed by atoms with Gasteiger partial charge in [-0.3, -0.25) is 9.59 Å². The third-order valence-electron chi connectivity index (χ3n) is 4.10. The minimum atomic E-state index is -3.79. The third kappa shape index (κ3) is 4.15. The first kappa shape index (κ1) is 20.2. The summed E-state index contributed by atoms with van der Waals surface area (Å²) in [6.07, 6.45) is 0.647. The summed E-state index contributed by atoms with van der Waals surface area (Å²) in [4.78, 5) is 23.6. The number of nitrogens with one attached hydrogen (secondary N) is 1. The van der Waals surface area contributed by atoms with Crippen molar-refractivity contribution in [3.63, 3.8) is 0 Å². The van der Waals surface area contributed by atoms with E-state index in [4.69, 9.17) is 9.52 Å². The van der Waals surface area contributed by atoms with Crippen molar-refractivity contribution in [2.75, 3.05) is 14.1 Å². The summed E-state index contributed by atoms with van der Waals surface area (Å²) < 4.78 is 30.4. The monoisotopic (exact) mass is 360 g/mol. The Morgan fingerprint density at radius 1 is 1.29 bits per heavy atom. The van der Waals surface area contributed by atoms with E-state index in [1.165, 1.54) is 21.0 Å². The zero-order valence-corrected chi connectivity index (χ0v) is 15.4. The van der Waals surface area contributed by atoms with Gasteiger partial charge in [0.05, 0.1) is 17.5 Å². The standard InChI is InChI=1S/C15H24N2O6S/c1-6-15(7-2,9-12(18)19)16-14(20)11-8-13(23-10(11)3)24(21,22)17(4)5/h8H,6-7,9H2,1-5H3,(H,16,20)(H,18,19). The lowest BCUT2D eigenvalue weighted by molar-refractivity contribution is -0.138. The van der Waals surface area contributed by atoms with Gasteiger partial charge in [-0.15, -0.1) is 0 Å². The fourth-order valence-corrected chi connectivity index (χ4v) is 3.16. The molecule has 1 amide bonds. The van der Waals surface area contributed by atoms with Crippen LogP contribution in [0.2, 0.25) is 0 Å². The van der Waals surface area contributed by atoms with Crippen LogP contribution in [0.4, 0.5) is 0 Å². The summed E-state index contributed by atoms with van der Waals surface area (Å²) >= 11 is 0. The number of nitrogens with zero attached hydrogens (tertiary/aromatic N) is 1. The molecule has 1 aromatic heterocycles. The number of amides is 1. The van der Waals surface area contributed by atoms with E-state index in [0.29, 0.717) is 12.8 Å². The number of carbonyl (C=O) groups excluding carboxylic acids is 1. The maximum atomic E-state index is 12.5. The van der Waals surface area contributed by atoms with Crippen LogP contribution in [0, 0.1) is 6.92 Å². The Kier molecular flexibility index (Phi) is 6.18. The van der Waals surface area contributed by atoms with Crippen molar-refractivity contribution in [3.8, 4) is 0 Å². The molecule has 0 aliphatic heterocycles. The van der Waals surface area contributed by atoms with Gasteiger partial charge < -0.3 is 14.8 Å². The van der Waals surface area contributed by atoms with Crippen molar-refractivity contribution >= 4 is 21.9 Å². The van der Waals surface area contributed by atoms with Crippen molar-refractivity contribution in [2.24, 2.45) is 0 Å². The van der Waals surface area contributed by atoms with Gasteiger partial charge >= 0.3 is 5.97 Å². The first-order chi connectivity index (χ1) is 11.0. The van der Waals surface area contributed by atoms with Crippen LogP contribution in [-0.4, -0.2) is 49.3 Å². The number of hydrogen-bond acceptors (Lipinski definition) is 5. The highest BCUT2D eigenvalue weighted by molar-refractivity contribution is 7.88. The second kappa shape index (κ2) is 7.35. The van der Waals surface area contributed by atoms with E-state index in [2.05, 4.69) is 5.32 Å². The van der Waals surface area contributed by atoms with Gasteiger partial charge in [0.15, 0.2) is 0 Å². The molecular weight excluding hydrogens is 336 g/mol. The zero-order valence-electron chi connectivity index (χ0n) is 14.5. The van der Waals surface area contributed by atoms with Crippen molar-refractivity contribution in [1.29, 1.82) is 0 Å². The lowest BCUT2D eigenvalue weighted by Gasteiger charge is -2.31. The zero-order chi connectivity index (χ0) is 18.7. The van der Waals surface area contributed by atoms with Crippen LogP contribution in [0.25, 0.3) is 0 Å². The molecular formula is C15H24N2O6S. The van der Waals surface area contributed by atoms with E-state index in [9.17, 15) is 18.0 Å². The van der Waals surface area contributed by atoms with Gasteiger partial charge in [0.25, 0.3) is 15.9 Å². The Morgan fingerprint density at radius 3 is 2.25 bits per heavy atom. The molecule has 1 heterocycles. The van der Waals surface area contributed by atoms with Crippen LogP contribution >= 0.6 is 0 Å². The number of aryl methyl sites for hydroxylation is 1. The van der Waals surface area contributed by atoms with Crippen molar-refractivity contribution in [1.82, 2.24) is 9.62 Å². The molecule has 0 atom stereocenters. The quantitative estimate of drug-likeness (QED) is 0.727. The largest absolute Gasteiger partial charge is 0.481 e. The predicted octanol–water partition coefficient (Wildman–Crippen LogP) is 1.60. The molecule has 0 saturated carbocycles. The lowest BCUT2D eigenvalue weighted by atomic mass is 9.88. The van der Waals surface area contributed by atoms with Crippen LogP contribution in [0.1, 0.15) is 49.2 Å². The maximum absolute atomic E-state index is 12.5. The fourth-order valence-electron chi connectivity index (χ4n) is 2.31. The Hall–Kier alpha value is -1.87. The maximum Gasteiger partial charge on any atom is 0.305 e. The number of carboxylic acids is 1. The number of carboxylic acid groups (broad SMARTS) is 1. The molecule has 0 spiro atoms. The average molecular weight is 360 g/mol. The smallest absolute Gasteiger partial charge is 0.305 e. The molecule has 1 rings (SSSR count). The Labute approximate surface area is 141 Å². The van der Waals surface area contributed by atoms with Crippen molar-refractivity contribution in [3.05, 3.63) is 17.4 Å². The normalized spacial score (nSPS) is 12.4. The molecule has 0 radical (unpaired) electrons. The number of hydrogen-bond donors (Lipinski definition) is 2. The van der Waals surface area contributed by atoms with Crippen molar-refractivity contribution in [2.45, 2.75) is 50.7 Å². The molecule has 0 aliphatic carbocycles. The molecule has 0 fully saturated rings. The second-order valence-electron chi connectivity index (χ2n) is 5.83. The molecule has 0 aromatic carbocycles. The van der Waals surface area contributed by atoms with Gasteiger partial charge in [-0.2, -0.15) is 0 Å². The highest BCUT2D eigenvalue weighted by Gasteiger charge is 2.33. The van der Waals surface area contributed by atoms with E-state index in [1.54, 1.807) is 13.8 Å². The van der Waals surface area contributed by atoms with E-state index >= 15 is 0 Å². The third-order valence-corrected chi connectivity index (χ3v) is 5.77. The van der Waals surface area contributed by atoms with Crippen LogP contribution in [0.3, 0.4) is 0 Å².